The molecule has 5 N–H and O–H groups in total. The Bertz CT molecular complexity index is 1970. The zero-order valence-electron chi connectivity index (χ0n) is 28.7. The van der Waals surface area contributed by atoms with Gasteiger partial charge in [0.25, 0.3) is 0 Å². The molecule has 3 heterocycles. The first-order valence-corrected chi connectivity index (χ1v) is 17.1. The molecule has 262 valence electrons. The van der Waals surface area contributed by atoms with Crippen LogP contribution in [-0.2, 0) is 25.5 Å². The molecule has 6 rings (SSSR count). The lowest BCUT2D eigenvalue weighted by Gasteiger charge is -2.36. The Morgan fingerprint density at radius 1 is 1.02 bits per heavy atom. The van der Waals surface area contributed by atoms with E-state index in [1.165, 1.54) is 7.11 Å². The minimum Gasteiger partial charge on any atom is -0.453 e. The van der Waals surface area contributed by atoms with Crippen LogP contribution >= 0.6 is 0 Å². The minimum absolute atomic E-state index is 0.0104. The van der Waals surface area contributed by atoms with Crippen LogP contribution in [0.4, 0.5) is 4.79 Å². The molecule has 13 nitrogen and oxygen atoms in total. The van der Waals surface area contributed by atoms with Crippen molar-refractivity contribution in [3.63, 3.8) is 0 Å². The Hall–Kier alpha value is -5.27. The molecule has 5 aromatic rings. The smallest absolute Gasteiger partial charge is 0.407 e. The zero-order valence-corrected chi connectivity index (χ0v) is 28.7. The Labute approximate surface area is 290 Å². The van der Waals surface area contributed by atoms with E-state index < -0.39 is 18.2 Å². The quantitative estimate of drug-likeness (QED) is 0.114. The average molecular weight is 681 g/mol. The molecule has 13 heteroatoms. The second-order valence-corrected chi connectivity index (χ2v) is 12.4. The lowest BCUT2D eigenvalue weighted by molar-refractivity contribution is -0.142. The van der Waals surface area contributed by atoms with Crippen LogP contribution in [0.3, 0.4) is 0 Å². The Morgan fingerprint density at radius 2 is 1.78 bits per heavy atom. The number of benzene rings is 3. The summed E-state index contributed by atoms with van der Waals surface area (Å²) in [4.78, 5) is 54.9. The van der Waals surface area contributed by atoms with Gasteiger partial charge >= 0.3 is 6.09 Å². The molecule has 1 aliphatic heterocycles. The number of imidazole rings is 2. The number of methoxy groups -OCH3 is 1. The van der Waals surface area contributed by atoms with Gasteiger partial charge in [-0.2, -0.15) is 0 Å². The maximum Gasteiger partial charge on any atom is 0.407 e. The van der Waals surface area contributed by atoms with E-state index in [0.29, 0.717) is 45.1 Å². The van der Waals surface area contributed by atoms with Gasteiger partial charge in [0.1, 0.15) is 23.7 Å². The maximum atomic E-state index is 13.5. The molecule has 2 atom stereocenters. The third-order valence-electron chi connectivity index (χ3n) is 9.02. The van der Waals surface area contributed by atoms with E-state index in [1.807, 2.05) is 19.2 Å². The molecule has 50 heavy (non-hydrogen) atoms. The van der Waals surface area contributed by atoms with Crippen LogP contribution < -0.4 is 16.0 Å². The first-order chi connectivity index (χ1) is 24.4. The van der Waals surface area contributed by atoms with Gasteiger partial charge in [-0.15, -0.1) is 0 Å². The minimum atomic E-state index is -0.703. The number of rotatable bonds is 13. The van der Waals surface area contributed by atoms with E-state index in [0.717, 1.165) is 69.3 Å². The fourth-order valence-electron chi connectivity index (χ4n) is 6.30. The molecule has 2 aromatic heterocycles. The summed E-state index contributed by atoms with van der Waals surface area (Å²) in [7, 11) is 3.04. The van der Waals surface area contributed by atoms with Gasteiger partial charge in [0, 0.05) is 25.1 Å². The van der Waals surface area contributed by atoms with Crippen LogP contribution in [0.5, 0.6) is 0 Å². The van der Waals surface area contributed by atoms with Gasteiger partial charge in [-0.3, -0.25) is 9.59 Å². The molecule has 2 unspecified atom stereocenters. The number of aryl methyl sites for hydroxylation is 1. The zero-order chi connectivity index (χ0) is 35.0. The highest BCUT2D eigenvalue weighted by Gasteiger charge is 2.35. The molecule has 3 aromatic carbocycles. The molecule has 1 fully saturated rings. The number of aromatic nitrogens is 4. The highest BCUT2D eigenvalue weighted by atomic mass is 16.5. The van der Waals surface area contributed by atoms with Crippen LogP contribution in [0.1, 0.15) is 43.9 Å². The van der Waals surface area contributed by atoms with Crippen molar-refractivity contribution in [1.82, 2.24) is 40.8 Å². The summed E-state index contributed by atoms with van der Waals surface area (Å²) in [5.74, 6) is 1.39. The van der Waals surface area contributed by atoms with Crippen molar-refractivity contribution < 1.29 is 23.9 Å². The number of amides is 3. The number of H-pyrrole nitrogens is 2. The van der Waals surface area contributed by atoms with Crippen molar-refractivity contribution in [1.29, 1.82) is 0 Å². The van der Waals surface area contributed by atoms with Crippen LogP contribution in [0.25, 0.3) is 44.2 Å². The molecule has 0 aliphatic carbocycles. The number of nitrogens with zero attached hydrogens (tertiary/aromatic N) is 3. The monoisotopic (exact) mass is 680 g/mol. The third-order valence-corrected chi connectivity index (χ3v) is 9.02. The lowest BCUT2D eigenvalue weighted by atomic mass is 9.99. The summed E-state index contributed by atoms with van der Waals surface area (Å²) < 4.78 is 10.5. The Morgan fingerprint density at radius 3 is 2.56 bits per heavy atom. The van der Waals surface area contributed by atoms with Gasteiger partial charge in [-0.25, -0.2) is 14.8 Å². The van der Waals surface area contributed by atoms with E-state index in [2.05, 4.69) is 79.4 Å². The second-order valence-electron chi connectivity index (χ2n) is 12.4. The number of likely N-dealkylation sites (N-methyl/N-ethyl adjacent to an activating group) is 1. The number of alkyl carbamates (subject to hydrolysis) is 1. The molecule has 1 aliphatic rings. The molecule has 0 bridgehead atoms. The van der Waals surface area contributed by atoms with Crippen molar-refractivity contribution in [2.75, 3.05) is 47.0 Å². The van der Waals surface area contributed by atoms with Crippen molar-refractivity contribution in [2.45, 2.75) is 44.7 Å². The number of ether oxygens (including phenoxy) is 2. The number of hydrogen-bond donors (Lipinski definition) is 5. The summed E-state index contributed by atoms with van der Waals surface area (Å²) >= 11 is 0. The van der Waals surface area contributed by atoms with Gasteiger partial charge < -0.3 is 40.3 Å². The van der Waals surface area contributed by atoms with E-state index >= 15 is 0 Å². The normalized spacial score (nSPS) is 15.3. The van der Waals surface area contributed by atoms with Gasteiger partial charge in [0.15, 0.2) is 0 Å². The third kappa shape index (κ3) is 7.95. The Balaban J connectivity index is 1.13. The maximum absolute atomic E-state index is 13.5. The van der Waals surface area contributed by atoms with Crippen LogP contribution in [0.15, 0.2) is 60.8 Å². The number of hydrogen-bond acceptors (Lipinski definition) is 8. The topological polar surface area (TPSA) is 166 Å². The van der Waals surface area contributed by atoms with E-state index in [9.17, 15) is 14.4 Å². The Kier molecular flexibility index (Phi) is 11.0. The summed E-state index contributed by atoms with van der Waals surface area (Å²) in [6.45, 7) is 3.95. The fraction of sp³-hybridized carbons (Fsp3) is 0.378. The fourth-order valence-corrected chi connectivity index (χ4v) is 6.30. The molecule has 1 saturated heterocycles. The van der Waals surface area contributed by atoms with Crippen LogP contribution in [0, 0.1) is 0 Å². The predicted octanol–water partition coefficient (Wildman–Crippen LogP) is 4.47. The number of nitrogens with one attached hydrogen (secondary N) is 5. The van der Waals surface area contributed by atoms with Crippen molar-refractivity contribution in [3.05, 3.63) is 72.4 Å². The number of aromatic amines is 2. The molecule has 0 spiro atoms. The number of morpholine rings is 1. The van der Waals surface area contributed by atoms with Crippen molar-refractivity contribution in [2.24, 2.45) is 0 Å². The van der Waals surface area contributed by atoms with Gasteiger partial charge in [-0.1, -0.05) is 37.3 Å². The number of unbranched alkanes of at least 4 members (excludes halogenated alkanes) is 1. The highest BCUT2D eigenvalue weighted by molar-refractivity contribution is 5.92. The number of carbonyl (C=O) groups is 3. The summed E-state index contributed by atoms with van der Waals surface area (Å²) in [5.41, 5.74) is 5.82. The van der Waals surface area contributed by atoms with Gasteiger partial charge in [-0.05, 0) is 72.5 Å². The lowest BCUT2D eigenvalue weighted by Crippen LogP contribution is -2.52. The van der Waals surface area contributed by atoms with E-state index in [4.69, 9.17) is 14.5 Å². The van der Waals surface area contributed by atoms with Gasteiger partial charge in [0.2, 0.25) is 11.8 Å². The standard InChI is InChI=1S/C37H44N8O5/c1-4-28(44-37(48)49-3)36(47)45-15-16-50-22-32(45)35-42-29-13-12-26(19-30(29)43-35)24-8-9-25-18-27(11-10-23(25)17-24)31-20-40-33(41-31)7-5-6-14-39-34(46)21-38-2/h8-13,17-20,28,32,38H,4-7,14-16,21-22H2,1-3H3,(H,39,46)(H,40,41)(H,42,43)(H,44,48). The first kappa shape index (κ1) is 34.6. The summed E-state index contributed by atoms with van der Waals surface area (Å²) in [5, 5.41) is 10.6. The number of carbonyl (C=O) groups excluding carboxylic acids is 3. The van der Waals surface area contributed by atoms with Crippen molar-refractivity contribution >= 4 is 39.7 Å². The molecule has 0 radical (unpaired) electrons. The number of fused-ring (bicyclic) bond motifs is 2. The van der Waals surface area contributed by atoms with Crippen LogP contribution in [0.2, 0.25) is 0 Å². The van der Waals surface area contributed by atoms with Crippen molar-refractivity contribution in [3.8, 4) is 22.4 Å². The molecular formula is C37H44N8O5. The molecule has 3 amide bonds. The average Bonchev–Trinajstić information content (AvgIpc) is 3.80. The second kappa shape index (κ2) is 16.0. The SMILES string of the molecule is CCC(NC(=O)OC)C(=O)N1CCOCC1c1nc2ccc(-c3ccc4cc(-c5cnc(CCCCNC(=O)CNC)[nH]5)ccc4c3)cc2[nH]1. The van der Waals surface area contributed by atoms with Gasteiger partial charge in [0.05, 0.1) is 49.8 Å². The first-order valence-electron chi connectivity index (χ1n) is 17.1. The molecule has 0 saturated carbocycles. The largest absolute Gasteiger partial charge is 0.453 e. The van der Waals surface area contributed by atoms with Crippen LogP contribution in [-0.4, -0.2) is 95.8 Å². The van der Waals surface area contributed by atoms with E-state index in [1.54, 1.807) is 11.9 Å². The summed E-state index contributed by atoms with van der Waals surface area (Å²) in [6.07, 6.45) is 4.31. The highest BCUT2D eigenvalue weighted by Crippen LogP contribution is 2.31. The molecular weight excluding hydrogens is 636 g/mol. The summed E-state index contributed by atoms with van der Waals surface area (Å²) in [6, 6.07) is 17.8. The predicted molar refractivity (Wildman–Crippen MR) is 191 cm³/mol. The van der Waals surface area contributed by atoms with E-state index in [-0.39, 0.29) is 11.8 Å².